The predicted molar refractivity (Wildman–Crippen MR) is 65.3 cm³/mol. The van der Waals surface area contributed by atoms with Gasteiger partial charge in [-0.2, -0.15) is 0 Å². The molecule has 3 heteroatoms. The van der Waals surface area contributed by atoms with E-state index in [1.165, 1.54) is 6.92 Å². The summed E-state index contributed by atoms with van der Waals surface area (Å²) in [5.41, 5.74) is 0.993. The van der Waals surface area contributed by atoms with Crippen LogP contribution in [0.15, 0.2) is 36.4 Å². The minimum Gasteiger partial charge on any atom is -0.478 e. The van der Waals surface area contributed by atoms with Crippen LogP contribution < -0.4 is 0 Å². The lowest BCUT2D eigenvalue weighted by Crippen LogP contribution is -2.02. The number of Topliss-reactive ketones (excluding diaryl/α,β-unsaturated/α-hetero) is 1. The minimum absolute atomic E-state index is 0.0256. The molecule has 2 aromatic rings. The SMILES string of the molecule is CC(=O)Cc1cc(C(=O)O)cc2ccccc12. The first-order valence-electron chi connectivity index (χ1n) is 5.32. The highest BCUT2D eigenvalue weighted by molar-refractivity contribution is 5.97. The second-order valence-corrected chi connectivity index (χ2v) is 4.04. The second kappa shape index (κ2) is 4.37. The number of carbonyl (C=O) groups is 2. The summed E-state index contributed by atoms with van der Waals surface area (Å²) in [5, 5.41) is 10.8. The number of carboxylic acids is 1. The summed E-state index contributed by atoms with van der Waals surface area (Å²) < 4.78 is 0. The molecule has 0 saturated carbocycles. The molecule has 0 atom stereocenters. The van der Waals surface area contributed by atoms with Crippen molar-refractivity contribution in [1.29, 1.82) is 0 Å². The number of rotatable bonds is 3. The Bertz CT molecular complexity index is 599. The van der Waals surface area contributed by atoms with Crippen molar-refractivity contribution >= 4 is 22.5 Å². The fraction of sp³-hybridized carbons (Fsp3) is 0.143. The minimum atomic E-state index is -0.972. The standard InChI is InChI=1S/C14H12O3/c1-9(15)6-11-8-12(14(16)17)7-10-4-2-3-5-13(10)11/h2-5,7-8H,6H2,1H3,(H,16,17). The summed E-state index contributed by atoms with van der Waals surface area (Å²) in [5.74, 6) is -0.946. The maximum absolute atomic E-state index is 11.2. The molecule has 0 saturated heterocycles. The molecule has 2 aromatic carbocycles. The van der Waals surface area contributed by atoms with Gasteiger partial charge in [0.1, 0.15) is 5.78 Å². The van der Waals surface area contributed by atoms with Crippen LogP contribution in [-0.2, 0) is 11.2 Å². The van der Waals surface area contributed by atoms with Gasteiger partial charge in [0.15, 0.2) is 0 Å². The number of benzene rings is 2. The molecule has 0 spiro atoms. The Labute approximate surface area is 98.7 Å². The van der Waals surface area contributed by atoms with Crippen LogP contribution in [0.25, 0.3) is 10.8 Å². The van der Waals surface area contributed by atoms with Gasteiger partial charge < -0.3 is 5.11 Å². The van der Waals surface area contributed by atoms with Gasteiger partial charge in [-0.25, -0.2) is 4.79 Å². The summed E-state index contributed by atoms with van der Waals surface area (Å²) in [6, 6.07) is 10.7. The van der Waals surface area contributed by atoms with Crippen LogP contribution in [0, 0.1) is 0 Å². The fourth-order valence-electron chi connectivity index (χ4n) is 1.93. The number of carboxylic acid groups (broad SMARTS) is 1. The van der Waals surface area contributed by atoms with E-state index in [9.17, 15) is 9.59 Å². The van der Waals surface area contributed by atoms with E-state index in [0.29, 0.717) is 0 Å². The van der Waals surface area contributed by atoms with E-state index in [-0.39, 0.29) is 17.8 Å². The number of hydrogen-bond acceptors (Lipinski definition) is 2. The average Bonchev–Trinajstić information content (AvgIpc) is 2.28. The zero-order valence-corrected chi connectivity index (χ0v) is 9.43. The van der Waals surface area contributed by atoms with Gasteiger partial charge in [-0.15, -0.1) is 0 Å². The lowest BCUT2D eigenvalue weighted by Gasteiger charge is -2.06. The molecule has 0 aliphatic rings. The second-order valence-electron chi connectivity index (χ2n) is 4.04. The van der Waals surface area contributed by atoms with E-state index >= 15 is 0 Å². The van der Waals surface area contributed by atoms with Crippen molar-refractivity contribution in [2.24, 2.45) is 0 Å². The molecule has 0 fully saturated rings. The molecule has 0 radical (unpaired) electrons. The quantitative estimate of drug-likeness (QED) is 0.878. The average molecular weight is 228 g/mol. The molecule has 0 heterocycles. The Hall–Kier alpha value is -2.16. The van der Waals surface area contributed by atoms with E-state index in [2.05, 4.69) is 0 Å². The molecule has 17 heavy (non-hydrogen) atoms. The van der Waals surface area contributed by atoms with Crippen LogP contribution in [0.5, 0.6) is 0 Å². The highest BCUT2D eigenvalue weighted by Crippen LogP contribution is 2.22. The Kier molecular flexibility index (Phi) is 2.91. The number of fused-ring (bicyclic) bond motifs is 1. The summed E-state index contributed by atoms with van der Waals surface area (Å²) in [7, 11) is 0. The molecule has 0 aliphatic carbocycles. The number of hydrogen-bond donors (Lipinski definition) is 1. The summed E-state index contributed by atoms with van der Waals surface area (Å²) in [6.07, 6.45) is 0.266. The van der Waals surface area contributed by atoms with Crippen LogP contribution >= 0.6 is 0 Å². The Morgan fingerprint density at radius 2 is 1.88 bits per heavy atom. The van der Waals surface area contributed by atoms with E-state index in [0.717, 1.165) is 16.3 Å². The normalized spacial score (nSPS) is 10.4. The van der Waals surface area contributed by atoms with Crippen LogP contribution in [0.2, 0.25) is 0 Å². The van der Waals surface area contributed by atoms with E-state index in [4.69, 9.17) is 5.11 Å². The molecular weight excluding hydrogens is 216 g/mol. The first kappa shape index (κ1) is 11.3. The zero-order valence-electron chi connectivity index (χ0n) is 9.43. The summed E-state index contributed by atoms with van der Waals surface area (Å²) in [4.78, 5) is 22.2. The third-order valence-corrected chi connectivity index (χ3v) is 2.63. The van der Waals surface area contributed by atoms with Gasteiger partial charge in [-0.05, 0) is 35.4 Å². The van der Waals surface area contributed by atoms with Gasteiger partial charge in [-0.1, -0.05) is 24.3 Å². The molecule has 0 unspecified atom stereocenters. The molecule has 2 rings (SSSR count). The van der Waals surface area contributed by atoms with Crippen LogP contribution in [0.4, 0.5) is 0 Å². The molecule has 0 bridgehead atoms. The van der Waals surface area contributed by atoms with Gasteiger partial charge in [0.2, 0.25) is 0 Å². The monoisotopic (exact) mass is 228 g/mol. The number of aromatic carboxylic acids is 1. The van der Waals surface area contributed by atoms with Crippen molar-refractivity contribution in [1.82, 2.24) is 0 Å². The molecule has 1 N–H and O–H groups in total. The lowest BCUT2D eigenvalue weighted by atomic mass is 9.98. The molecule has 0 aliphatic heterocycles. The van der Waals surface area contributed by atoms with Crippen molar-refractivity contribution in [3.8, 4) is 0 Å². The van der Waals surface area contributed by atoms with Gasteiger partial charge >= 0.3 is 5.97 Å². The maximum Gasteiger partial charge on any atom is 0.335 e. The largest absolute Gasteiger partial charge is 0.478 e. The third-order valence-electron chi connectivity index (χ3n) is 2.63. The molecule has 0 aromatic heterocycles. The number of ketones is 1. The van der Waals surface area contributed by atoms with Crippen LogP contribution in [-0.4, -0.2) is 16.9 Å². The first-order valence-corrected chi connectivity index (χ1v) is 5.32. The number of carbonyl (C=O) groups excluding carboxylic acids is 1. The Morgan fingerprint density at radius 1 is 1.18 bits per heavy atom. The third kappa shape index (κ3) is 2.33. The van der Waals surface area contributed by atoms with Crippen molar-refractivity contribution in [2.75, 3.05) is 0 Å². The molecular formula is C14H12O3. The zero-order chi connectivity index (χ0) is 12.4. The van der Waals surface area contributed by atoms with Crippen LogP contribution in [0.3, 0.4) is 0 Å². The highest BCUT2D eigenvalue weighted by Gasteiger charge is 2.09. The Morgan fingerprint density at radius 3 is 2.53 bits per heavy atom. The van der Waals surface area contributed by atoms with E-state index < -0.39 is 5.97 Å². The van der Waals surface area contributed by atoms with Crippen molar-refractivity contribution in [3.05, 3.63) is 47.5 Å². The highest BCUT2D eigenvalue weighted by atomic mass is 16.4. The van der Waals surface area contributed by atoms with Crippen molar-refractivity contribution in [2.45, 2.75) is 13.3 Å². The van der Waals surface area contributed by atoms with Crippen molar-refractivity contribution < 1.29 is 14.7 Å². The fourth-order valence-corrected chi connectivity index (χ4v) is 1.93. The van der Waals surface area contributed by atoms with Crippen molar-refractivity contribution in [3.63, 3.8) is 0 Å². The Balaban J connectivity index is 2.68. The van der Waals surface area contributed by atoms with Gasteiger partial charge in [0.05, 0.1) is 5.56 Å². The van der Waals surface area contributed by atoms with Gasteiger partial charge in [0, 0.05) is 6.42 Å². The predicted octanol–water partition coefficient (Wildman–Crippen LogP) is 2.67. The first-order chi connectivity index (χ1) is 8.08. The summed E-state index contributed by atoms with van der Waals surface area (Å²) in [6.45, 7) is 1.50. The summed E-state index contributed by atoms with van der Waals surface area (Å²) >= 11 is 0. The molecule has 3 nitrogen and oxygen atoms in total. The van der Waals surface area contributed by atoms with Crippen LogP contribution in [0.1, 0.15) is 22.8 Å². The smallest absolute Gasteiger partial charge is 0.335 e. The topological polar surface area (TPSA) is 54.4 Å². The molecule has 86 valence electrons. The lowest BCUT2D eigenvalue weighted by molar-refractivity contribution is -0.116. The van der Waals surface area contributed by atoms with Gasteiger partial charge in [-0.3, -0.25) is 4.79 Å². The van der Waals surface area contributed by atoms with Gasteiger partial charge in [0.25, 0.3) is 0 Å². The van der Waals surface area contributed by atoms with E-state index in [1.54, 1.807) is 12.1 Å². The van der Waals surface area contributed by atoms with E-state index in [1.807, 2.05) is 24.3 Å². The molecule has 0 amide bonds. The maximum atomic E-state index is 11.2.